The predicted molar refractivity (Wildman–Crippen MR) is 48.3 cm³/mol. The summed E-state index contributed by atoms with van der Waals surface area (Å²) in [6.07, 6.45) is -12.9. The van der Waals surface area contributed by atoms with Crippen LogP contribution < -0.4 is 0 Å². The summed E-state index contributed by atoms with van der Waals surface area (Å²) < 4.78 is 101. The summed E-state index contributed by atoms with van der Waals surface area (Å²) in [5.41, 5.74) is -9.19. The first-order valence-electron chi connectivity index (χ1n) is 4.68. The topological polar surface area (TPSA) is 37.3 Å². The molecule has 1 rings (SSSR count). The zero-order valence-electron chi connectivity index (χ0n) is 9.11. The Labute approximate surface area is 105 Å². The van der Waals surface area contributed by atoms with Gasteiger partial charge in [-0.05, 0) is 12.1 Å². The lowest BCUT2D eigenvalue weighted by Gasteiger charge is -2.30. The number of alkyl halides is 7. The van der Waals surface area contributed by atoms with E-state index in [-0.39, 0.29) is 18.2 Å². The van der Waals surface area contributed by atoms with Crippen molar-refractivity contribution in [2.45, 2.75) is 18.0 Å². The molecular weight excluding hydrogens is 304 g/mol. The van der Waals surface area contributed by atoms with Gasteiger partial charge in [0.05, 0.1) is 5.56 Å². The molecule has 1 aromatic carbocycles. The van der Waals surface area contributed by atoms with Crippen LogP contribution in [0.1, 0.15) is 15.9 Å². The van der Waals surface area contributed by atoms with Crippen LogP contribution >= 0.6 is 0 Å². The van der Waals surface area contributed by atoms with Crippen LogP contribution in [0.15, 0.2) is 18.2 Å². The lowest BCUT2D eigenvalue weighted by molar-refractivity contribution is -0.349. The van der Waals surface area contributed by atoms with Crippen LogP contribution in [0.3, 0.4) is 0 Å². The molecule has 1 N–H and O–H groups in total. The van der Waals surface area contributed by atoms with E-state index in [0.717, 1.165) is 0 Å². The van der Waals surface area contributed by atoms with Gasteiger partial charge in [-0.3, -0.25) is 0 Å². The Morgan fingerprint density at radius 1 is 0.950 bits per heavy atom. The molecule has 0 aliphatic rings. The number of rotatable bonds is 2. The maximum Gasteiger partial charge on any atom is 0.436 e. The van der Waals surface area contributed by atoms with Gasteiger partial charge in [0, 0.05) is 5.56 Å². The van der Waals surface area contributed by atoms with Crippen molar-refractivity contribution in [3.63, 3.8) is 0 Å². The van der Waals surface area contributed by atoms with Crippen molar-refractivity contribution in [1.29, 1.82) is 0 Å². The SMILES string of the molecule is O=C(O)c1ccc(C(F)(C(F)(F)F)C(F)(F)F)c(F)c1. The van der Waals surface area contributed by atoms with Crippen LogP contribution in [0.25, 0.3) is 0 Å². The molecule has 10 heteroatoms. The Hall–Kier alpha value is -1.87. The molecule has 2 nitrogen and oxygen atoms in total. The van der Waals surface area contributed by atoms with Gasteiger partial charge >= 0.3 is 24.0 Å². The number of carboxylic acids is 1. The summed E-state index contributed by atoms with van der Waals surface area (Å²) in [6.45, 7) is 0. The highest BCUT2D eigenvalue weighted by Crippen LogP contribution is 2.53. The van der Waals surface area contributed by atoms with E-state index < -0.39 is 40.9 Å². The zero-order valence-corrected chi connectivity index (χ0v) is 9.11. The van der Waals surface area contributed by atoms with Gasteiger partial charge in [0.1, 0.15) is 5.82 Å². The second-order valence-corrected chi connectivity index (χ2v) is 3.65. The number of halogens is 8. The smallest absolute Gasteiger partial charge is 0.436 e. The van der Waals surface area contributed by atoms with Crippen LogP contribution in [0.2, 0.25) is 0 Å². The van der Waals surface area contributed by atoms with Gasteiger partial charge < -0.3 is 5.11 Å². The maximum atomic E-state index is 13.5. The highest BCUT2D eigenvalue weighted by atomic mass is 19.4. The van der Waals surface area contributed by atoms with Crippen molar-refractivity contribution in [2.75, 3.05) is 0 Å². The number of benzene rings is 1. The summed E-state index contributed by atoms with van der Waals surface area (Å²) in [7, 11) is 0. The summed E-state index contributed by atoms with van der Waals surface area (Å²) in [5.74, 6) is -4.05. The van der Waals surface area contributed by atoms with Gasteiger partial charge in [-0.25, -0.2) is 13.6 Å². The third-order valence-corrected chi connectivity index (χ3v) is 2.37. The Balaban J connectivity index is 3.57. The van der Waals surface area contributed by atoms with E-state index in [2.05, 4.69) is 0 Å². The molecule has 0 aromatic heterocycles. The fraction of sp³-hybridized carbons (Fsp3) is 0.300. The molecule has 0 atom stereocenters. The minimum absolute atomic E-state index is 0.122. The van der Waals surface area contributed by atoms with E-state index in [1.54, 1.807) is 0 Å². The molecule has 0 aliphatic heterocycles. The predicted octanol–water partition coefficient (Wildman–Crippen LogP) is 3.81. The summed E-state index contributed by atoms with van der Waals surface area (Å²) >= 11 is 0. The molecule has 0 aliphatic carbocycles. The molecule has 0 amide bonds. The van der Waals surface area contributed by atoms with Crippen molar-refractivity contribution in [2.24, 2.45) is 0 Å². The molecule has 0 unspecified atom stereocenters. The van der Waals surface area contributed by atoms with E-state index in [4.69, 9.17) is 5.11 Å². The second-order valence-electron chi connectivity index (χ2n) is 3.65. The average molecular weight is 308 g/mol. The molecule has 0 saturated heterocycles. The van der Waals surface area contributed by atoms with Gasteiger partial charge in [-0.2, -0.15) is 26.3 Å². The summed E-state index contributed by atoms with van der Waals surface area (Å²) in [6, 6.07) is -0.0736. The molecule has 112 valence electrons. The molecule has 0 fully saturated rings. The normalized spacial score (nSPS) is 13.4. The Bertz CT molecular complexity index is 517. The van der Waals surface area contributed by atoms with Gasteiger partial charge in [0.2, 0.25) is 0 Å². The summed E-state index contributed by atoms with van der Waals surface area (Å²) in [5, 5.41) is 8.42. The molecule has 0 bridgehead atoms. The molecule has 0 radical (unpaired) electrons. The Morgan fingerprint density at radius 2 is 1.40 bits per heavy atom. The van der Waals surface area contributed by atoms with Crippen LogP contribution in [-0.2, 0) is 5.67 Å². The number of hydrogen-bond donors (Lipinski definition) is 1. The Morgan fingerprint density at radius 3 is 1.70 bits per heavy atom. The molecular formula is C10H4F8O2. The molecule has 0 saturated carbocycles. The van der Waals surface area contributed by atoms with Crippen LogP contribution in [0.5, 0.6) is 0 Å². The van der Waals surface area contributed by atoms with Gasteiger partial charge in [0.15, 0.2) is 0 Å². The maximum absolute atomic E-state index is 13.5. The standard InChI is InChI=1S/C10H4F8O2/c11-6-3-4(7(19)20)1-2-5(6)8(12,9(13,14)15)10(16,17)18/h1-3H,(H,19,20). The third-order valence-electron chi connectivity index (χ3n) is 2.37. The first-order chi connectivity index (χ1) is 8.82. The lowest BCUT2D eigenvalue weighted by atomic mass is 9.92. The van der Waals surface area contributed by atoms with Crippen molar-refractivity contribution in [1.82, 2.24) is 0 Å². The average Bonchev–Trinajstić information content (AvgIpc) is 2.24. The number of carbonyl (C=O) groups is 1. The molecule has 20 heavy (non-hydrogen) atoms. The minimum atomic E-state index is -6.46. The molecule has 1 aromatic rings. The Kier molecular flexibility index (Phi) is 3.72. The molecule has 0 spiro atoms. The van der Waals surface area contributed by atoms with Crippen molar-refractivity contribution >= 4 is 5.97 Å². The third kappa shape index (κ3) is 2.41. The van der Waals surface area contributed by atoms with Crippen molar-refractivity contribution in [3.8, 4) is 0 Å². The van der Waals surface area contributed by atoms with Crippen LogP contribution in [0.4, 0.5) is 35.1 Å². The number of hydrogen-bond acceptors (Lipinski definition) is 1. The van der Waals surface area contributed by atoms with Crippen molar-refractivity contribution < 1.29 is 45.0 Å². The largest absolute Gasteiger partial charge is 0.478 e. The second kappa shape index (κ2) is 4.60. The minimum Gasteiger partial charge on any atom is -0.478 e. The van der Waals surface area contributed by atoms with E-state index in [9.17, 15) is 39.9 Å². The molecule has 0 heterocycles. The van der Waals surface area contributed by atoms with Gasteiger partial charge in [0.25, 0.3) is 0 Å². The highest BCUT2D eigenvalue weighted by molar-refractivity contribution is 5.87. The highest BCUT2D eigenvalue weighted by Gasteiger charge is 2.74. The van der Waals surface area contributed by atoms with E-state index in [1.165, 1.54) is 0 Å². The van der Waals surface area contributed by atoms with Gasteiger partial charge in [-0.1, -0.05) is 6.07 Å². The first-order valence-corrected chi connectivity index (χ1v) is 4.68. The summed E-state index contributed by atoms with van der Waals surface area (Å²) in [4.78, 5) is 10.4. The fourth-order valence-electron chi connectivity index (χ4n) is 1.39. The van der Waals surface area contributed by atoms with Crippen LogP contribution in [0, 0.1) is 5.82 Å². The van der Waals surface area contributed by atoms with Crippen molar-refractivity contribution in [3.05, 3.63) is 35.1 Å². The van der Waals surface area contributed by atoms with E-state index in [0.29, 0.717) is 0 Å². The zero-order chi connectivity index (χ0) is 15.9. The quantitative estimate of drug-likeness (QED) is 0.844. The van der Waals surface area contributed by atoms with E-state index >= 15 is 0 Å². The van der Waals surface area contributed by atoms with Crippen LogP contribution in [-0.4, -0.2) is 23.4 Å². The van der Waals surface area contributed by atoms with E-state index in [1.807, 2.05) is 0 Å². The van der Waals surface area contributed by atoms with Gasteiger partial charge in [-0.15, -0.1) is 0 Å². The fourth-order valence-corrected chi connectivity index (χ4v) is 1.39. The lowest BCUT2D eigenvalue weighted by Crippen LogP contribution is -2.51. The number of aromatic carboxylic acids is 1. The number of carboxylic acid groups (broad SMARTS) is 1. The monoisotopic (exact) mass is 308 g/mol. The first kappa shape index (κ1) is 16.2.